The van der Waals surface area contributed by atoms with Gasteiger partial charge < -0.3 is 10.6 Å². The first-order valence-electron chi connectivity index (χ1n) is 10.3. The molecule has 11 heteroatoms. The van der Waals surface area contributed by atoms with E-state index < -0.39 is 0 Å². The molecule has 4 aromatic heterocycles. The molecule has 0 unspecified atom stereocenters. The highest BCUT2D eigenvalue weighted by Gasteiger charge is 2.21. The molecule has 0 radical (unpaired) electrons. The molecule has 0 amide bonds. The van der Waals surface area contributed by atoms with Crippen molar-refractivity contribution in [1.29, 1.82) is 5.26 Å². The highest BCUT2D eigenvalue weighted by atomic mass is 35.5. The quantitative estimate of drug-likeness (QED) is 0.472. The topological polar surface area (TPSA) is 114 Å². The van der Waals surface area contributed by atoms with Gasteiger partial charge in [0.05, 0.1) is 30.0 Å². The third kappa shape index (κ3) is 4.64. The predicted molar refractivity (Wildman–Crippen MR) is 132 cm³/mol. The smallest absolute Gasteiger partial charge is 0.128 e. The van der Waals surface area contributed by atoms with Gasteiger partial charge in [-0.25, -0.2) is 14.5 Å². The first-order valence-corrected chi connectivity index (χ1v) is 10.3. The summed E-state index contributed by atoms with van der Waals surface area (Å²) in [5.74, 6) is 1.45. The number of rotatable bonds is 4. The number of halogens is 2. The number of nitrogens with two attached hydrogens (primary N) is 1. The maximum absolute atomic E-state index is 9.57. The van der Waals surface area contributed by atoms with Crippen LogP contribution in [0.3, 0.4) is 0 Å². The molecular formula is C22H25Cl2N9. The summed E-state index contributed by atoms with van der Waals surface area (Å²) in [7, 11) is 1.86. The average Bonchev–Trinajstić information content (AvgIpc) is 3.44. The Morgan fingerprint density at radius 1 is 1.12 bits per heavy atom. The summed E-state index contributed by atoms with van der Waals surface area (Å²) in [5.41, 5.74) is 10.2. The van der Waals surface area contributed by atoms with Crippen LogP contribution in [0.5, 0.6) is 0 Å². The lowest BCUT2D eigenvalue weighted by Gasteiger charge is -2.33. The summed E-state index contributed by atoms with van der Waals surface area (Å²) in [4.78, 5) is 11.9. The monoisotopic (exact) mass is 485 g/mol. The zero-order valence-corrected chi connectivity index (χ0v) is 19.8. The van der Waals surface area contributed by atoms with Crippen molar-refractivity contribution in [2.24, 2.45) is 18.7 Å². The number of hydrogen-bond acceptors (Lipinski definition) is 7. The molecule has 1 atom stereocenters. The Hall–Kier alpha value is -3.19. The number of pyridine rings is 1. The van der Waals surface area contributed by atoms with Crippen molar-refractivity contribution in [3.63, 3.8) is 0 Å². The van der Waals surface area contributed by atoms with Gasteiger partial charge >= 0.3 is 0 Å². The van der Waals surface area contributed by atoms with E-state index in [-0.39, 0.29) is 24.8 Å². The Kier molecular flexibility index (Phi) is 7.53. The number of fused-ring (bicyclic) bond motifs is 1. The van der Waals surface area contributed by atoms with E-state index in [4.69, 9.17) is 15.7 Å². The molecule has 0 aliphatic carbocycles. The molecule has 1 saturated heterocycles. The van der Waals surface area contributed by atoms with Gasteiger partial charge in [-0.2, -0.15) is 15.5 Å². The number of nitriles is 1. The molecule has 9 nitrogen and oxygen atoms in total. The van der Waals surface area contributed by atoms with E-state index in [1.165, 1.54) is 6.42 Å². The molecular weight excluding hydrogens is 461 g/mol. The number of nitrogens with zero attached hydrogens (tertiary/aromatic N) is 8. The largest absolute Gasteiger partial charge is 0.356 e. The van der Waals surface area contributed by atoms with Gasteiger partial charge in [0, 0.05) is 43.7 Å². The summed E-state index contributed by atoms with van der Waals surface area (Å²) in [5, 5.41) is 18.2. The second kappa shape index (κ2) is 10.2. The second-order valence-electron chi connectivity index (χ2n) is 7.94. The number of aryl methyl sites for hydroxylation is 1. The normalized spacial score (nSPS) is 15.5. The maximum Gasteiger partial charge on any atom is 0.128 e. The standard InChI is InChI=1S/C22H23N9.2ClH/c1-29-13-18(11-26-29)19-14-31-22(17(8-24)10-27-31)21(28-19)16-4-5-20(25-9-16)30-6-2-3-15(7-23)12-30;;/h4-5,9-11,13-15H,2-3,6-7,12,23H2,1H3;2*1H/t15-;;/m0../s1. The Morgan fingerprint density at radius 2 is 1.97 bits per heavy atom. The molecule has 5 heterocycles. The van der Waals surface area contributed by atoms with Gasteiger partial charge in [-0.1, -0.05) is 0 Å². The van der Waals surface area contributed by atoms with Crippen molar-refractivity contribution >= 4 is 36.1 Å². The van der Waals surface area contributed by atoms with Gasteiger partial charge in [-0.15, -0.1) is 24.8 Å². The number of piperidine rings is 1. The van der Waals surface area contributed by atoms with Crippen LogP contribution in [0.1, 0.15) is 18.4 Å². The van der Waals surface area contributed by atoms with E-state index in [0.29, 0.717) is 29.2 Å². The fraction of sp³-hybridized carbons (Fsp3) is 0.318. The molecule has 4 aromatic rings. The van der Waals surface area contributed by atoms with Crippen LogP contribution in [0.2, 0.25) is 0 Å². The predicted octanol–water partition coefficient (Wildman–Crippen LogP) is 3.08. The molecule has 5 rings (SSSR count). The lowest BCUT2D eigenvalue weighted by atomic mass is 9.98. The molecule has 0 bridgehead atoms. The van der Waals surface area contributed by atoms with Crippen LogP contribution >= 0.6 is 24.8 Å². The third-order valence-corrected chi connectivity index (χ3v) is 5.82. The molecule has 33 heavy (non-hydrogen) atoms. The van der Waals surface area contributed by atoms with E-state index in [2.05, 4.69) is 21.2 Å². The third-order valence-electron chi connectivity index (χ3n) is 5.82. The van der Waals surface area contributed by atoms with Crippen LogP contribution in [0.15, 0.2) is 43.1 Å². The summed E-state index contributed by atoms with van der Waals surface area (Å²) >= 11 is 0. The zero-order chi connectivity index (χ0) is 21.4. The minimum atomic E-state index is 0. The van der Waals surface area contributed by atoms with E-state index >= 15 is 0 Å². The molecule has 0 spiro atoms. The lowest BCUT2D eigenvalue weighted by molar-refractivity contribution is 0.422. The minimum Gasteiger partial charge on any atom is -0.356 e. The average molecular weight is 486 g/mol. The van der Waals surface area contributed by atoms with Gasteiger partial charge in [0.1, 0.15) is 23.0 Å². The Bertz CT molecular complexity index is 1270. The fourth-order valence-corrected chi connectivity index (χ4v) is 4.17. The van der Waals surface area contributed by atoms with Crippen molar-refractivity contribution in [1.82, 2.24) is 29.4 Å². The molecule has 1 aliphatic heterocycles. The SMILES string of the molecule is Cl.Cl.Cn1cc(-c2cn3ncc(C#N)c3c(-c3ccc(N4CCC[C@@H](CN)C4)nc3)n2)cn1. The van der Waals surface area contributed by atoms with Crippen molar-refractivity contribution in [2.45, 2.75) is 12.8 Å². The Balaban J connectivity index is 0.00000153. The van der Waals surface area contributed by atoms with Gasteiger partial charge in [-0.05, 0) is 37.4 Å². The van der Waals surface area contributed by atoms with Crippen LogP contribution in [-0.2, 0) is 7.05 Å². The van der Waals surface area contributed by atoms with Crippen molar-refractivity contribution in [3.8, 4) is 28.6 Å². The Labute approximate surface area is 204 Å². The van der Waals surface area contributed by atoms with E-state index in [9.17, 15) is 5.26 Å². The van der Waals surface area contributed by atoms with Crippen LogP contribution in [-0.4, -0.2) is 49.0 Å². The second-order valence-corrected chi connectivity index (χ2v) is 7.94. The minimum absolute atomic E-state index is 0. The molecule has 0 saturated carbocycles. The molecule has 0 aromatic carbocycles. The van der Waals surface area contributed by atoms with Gasteiger partial charge in [-0.3, -0.25) is 4.68 Å². The molecule has 1 fully saturated rings. The van der Waals surface area contributed by atoms with E-state index in [1.54, 1.807) is 21.6 Å². The summed E-state index contributed by atoms with van der Waals surface area (Å²) in [6.07, 6.45) is 11.2. The van der Waals surface area contributed by atoms with Crippen LogP contribution in [0.25, 0.3) is 28.0 Å². The van der Waals surface area contributed by atoms with Gasteiger partial charge in [0.15, 0.2) is 0 Å². The maximum atomic E-state index is 9.57. The Morgan fingerprint density at radius 3 is 2.64 bits per heavy atom. The van der Waals surface area contributed by atoms with Gasteiger partial charge in [0.2, 0.25) is 0 Å². The number of anilines is 1. The number of hydrogen-bond donors (Lipinski definition) is 1. The fourth-order valence-electron chi connectivity index (χ4n) is 4.17. The van der Waals surface area contributed by atoms with Crippen LogP contribution in [0, 0.1) is 17.2 Å². The van der Waals surface area contributed by atoms with E-state index in [1.807, 2.05) is 37.8 Å². The van der Waals surface area contributed by atoms with Crippen molar-refractivity contribution in [2.75, 3.05) is 24.5 Å². The summed E-state index contributed by atoms with van der Waals surface area (Å²) in [6, 6.07) is 6.25. The summed E-state index contributed by atoms with van der Waals surface area (Å²) < 4.78 is 3.43. The molecule has 2 N–H and O–H groups in total. The lowest BCUT2D eigenvalue weighted by Crippen LogP contribution is -2.38. The van der Waals surface area contributed by atoms with Gasteiger partial charge in [0.25, 0.3) is 0 Å². The first kappa shape index (κ1) is 24.5. The number of aromatic nitrogens is 6. The summed E-state index contributed by atoms with van der Waals surface area (Å²) in [6.45, 7) is 2.63. The van der Waals surface area contributed by atoms with Crippen LogP contribution in [0.4, 0.5) is 5.82 Å². The van der Waals surface area contributed by atoms with Crippen molar-refractivity contribution in [3.05, 3.63) is 48.7 Å². The molecule has 172 valence electrons. The van der Waals surface area contributed by atoms with E-state index in [0.717, 1.165) is 42.1 Å². The highest BCUT2D eigenvalue weighted by molar-refractivity contribution is 5.85. The first-order chi connectivity index (χ1) is 15.2. The highest BCUT2D eigenvalue weighted by Crippen LogP contribution is 2.30. The zero-order valence-electron chi connectivity index (χ0n) is 18.1. The van der Waals surface area contributed by atoms with Crippen LogP contribution < -0.4 is 10.6 Å². The van der Waals surface area contributed by atoms with Crippen molar-refractivity contribution < 1.29 is 0 Å². The molecule has 1 aliphatic rings.